The molecule has 0 aliphatic rings. The molecule has 0 aromatic heterocycles. The molecule has 2 N–H and O–H groups in total. The molecule has 0 spiro atoms. The molecule has 4 heteroatoms. The predicted molar refractivity (Wildman–Crippen MR) is 88.7 cm³/mol. The van der Waals surface area contributed by atoms with E-state index in [1.54, 1.807) is 0 Å². The number of aliphatic hydroxyl groups is 1. The highest BCUT2D eigenvalue weighted by atomic mass is 79.9. The number of ether oxygens (including phenoxy) is 1. The van der Waals surface area contributed by atoms with Crippen molar-refractivity contribution in [1.29, 1.82) is 0 Å². The molecule has 0 heterocycles. The third-order valence-electron chi connectivity index (χ3n) is 3.33. The Labute approximate surface area is 134 Å². The molecule has 2 rings (SSSR count). The van der Waals surface area contributed by atoms with Crippen LogP contribution < -0.4 is 10.1 Å². The van der Waals surface area contributed by atoms with Crippen LogP contribution in [-0.4, -0.2) is 11.7 Å². The number of benzene rings is 2. The summed E-state index contributed by atoms with van der Waals surface area (Å²) in [7, 11) is 0. The summed E-state index contributed by atoms with van der Waals surface area (Å²) in [5, 5.41) is 12.7. The van der Waals surface area contributed by atoms with Crippen molar-refractivity contribution >= 4 is 15.9 Å². The van der Waals surface area contributed by atoms with Crippen molar-refractivity contribution in [3.63, 3.8) is 0 Å². The second kappa shape index (κ2) is 7.59. The lowest BCUT2D eigenvalue weighted by atomic mass is 10.1. The molecule has 2 aromatic carbocycles. The summed E-state index contributed by atoms with van der Waals surface area (Å²) in [6, 6.07) is 13.8. The van der Waals surface area contributed by atoms with Gasteiger partial charge in [0.15, 0.2) is 0 Å². The van der Waals surface area contributed by atoms with Gasteiger partial charge in [-0.25, -0.2) is 0 Å². The van der Waals surface area contributed by atoms with Gasteiger partial charge in [-0.2, -0.15) is 0 Å². The standard InChI is InChI=1S/C17H20BrNO2/c1-3-19-12(2)13-8-9-17(15(18)10-13)21-16-7-5-4-6-14(16)11-20/h4-10,12,19-20H,3,11H2,1-2H3. The van der Waals surface area contributed by atoms with Gasteiger partial charge in [0, 0.05) is 11.6 Å². The number of nitrogens with one attached hydrogen (secondary N) is 1. The lowest BCUT2D eigenvalue weighted by Crippen LogP contribution is -2.17. The van der Waals surface area contributed by atoms with Gasteiger partial charge in [0.05, 0.1) is 11.1 Å². The van der Waals surface area contributed by atoms with Crippen molar-refractivity contribution < 1.29 is 9.84 Å². The van der Waals surface area contributed by atoms with Gasteiger partial charge in [-0.05, 0) is 53.2 Å². The lowest BCUT2D eigenvalue weighted by Gasteiger charge is -2.15. The van der Waals surface area contributed by atoms with E-state index in [0.29, 0.717) is 11.8 Å². The van der Waals surface area contributed by atoms with Crippen molar-refractivity contribution in [2.75, 3.05) is 6.54 Å². The Morgan fingerprint density at radius 3 is 2.62 bits per heavy atom. The lowest BCUT2D eigenvalue weighted by molar-refractivity contribution is 0.276. The van der Waals surface area contributed by atoms with E-state index in [4.69, 9.17) is 4.74 Å². The Morgan fingerprint density at radius 2 is 1.95 bits per heavy atom. The van der Waals surface area contributed by atoms with E-state index in [1.165, 1.54) is 5.56 Å². The predicted octanol–water partition coefficient (Wildman–Crippen LogP) is 4.40. The first-order chi connectivity index (χ1) is 10.2. The summed E-state index contributed by atoms with van der Waals surface area (Å²) >= 11 is 3.56. The van der Waals surface area contributed by atoms with Gasteiger partial charge in [0.25, 0.3) is 0 Å². The fourth-order valence-electron chi connectivity index (χ4n) is 2.15. The fraction of sp³-hybridized carbons (Fsp3) is 0.294. The summed E-state index contributed by atoms with van der Waals surface area (Å²) < 4.78 is 6.80. The maximum atomic E-state index is 9.34. The first-order valence-electron chi connectivity index (χ1n) is 7.05. The molecule has 21 heavy (non-hydrogen) atoms. The molecule has 112 valence electrons. The van der Waals surface area contributed by atoms with Crippen LogP contribution in [0.25, 0.3) is 0 Å². The zero-order valence-corrected chi connectivity index (χ0v) is 13.9. The fourth-order valence-corrected chi connectivity index (χ4v) is 2.62. The summed E-state index contributed by atoms with van der Waals surface area (Å²) in [6.45, 7) is 5.12. The first-order valence-corrected chi connectivity index (χ1v) is 7.84. The Bertz CT molecular complexity index is 601. The normalized spacial score (nSPS) is 12.2. The summed E-state index contributed by atoms with van der Waals surface area (Å²) in [6.07, 6.45) is 0. The van der Waals surface area contributed by atoms with Gasteiger partial charge >= 0.3 is 0 Å². The topological polar surface area (TPSA) is 41.5 Å². The summed E-state index contributed by atoms with van der Waals surface area (Å²) in [5.41, 5.74) is 1.97. The van der Waals surface area contributed by atoms with Crippen molar-refractivity contribution in [1.82, 2.24) is 5.32 Å². The molecule has 1 atom stereocenters. The minimum absolute atomic E-state index is 0.0384. The number of para-hydroxylation sites is 1. The third-order valence-corrected chi connectivity index (χ3v) is 3.95. The second-order valence-corrected chi connectivity index (χ2v) is 5.69. The molecule has 0 bridgehead atoms. The van der Waals surface area contributed by atoms with Gasteiger partial charge in [0.2, 0.25) is 0 Å². The van der Waals surface area contributed by atoms with E-state index < -0.39 is 0 Å². The minimum atomic E-state index is -0.0384. The second-order valence-electron chi connectivity index (χ2n) is 4.84. The average Bonchev–Trinajstić information content (AvgIpc) is 2.50. The monoisotopic (exact) mass is 349 g/mol. The average molecular weight is 350 g/mol. The largest absolute Gasteiger partial charge is 0.456 e. The molecular formula is C17H20BrNO2. The molecule has 0 fully saturated rings. The molecule has 0 radical (unpaired) electrons. The molecule has 3 nitrogen and oxygen atoms in total. The van der Waals surface area contributed by atoms with Crippen LogP contribution in [0, 0.1) is 0 Å². The quantitative estimate of drug-likeness (QED) is 0.811. The van der Waals surface area contributed by atoms with E-state index in [9.17, 15) is 5.11 Å². The van der Waals surface area contributed by atoms with Crippen LogP contribution >= 0.6 is 15.9 Å². The number of hydrogen-bond acceptors (Lipinski definition) is 3. The molecule has 0 saturated carbocycles. The molecule has 0 aliphatic heterocycles. The highest BCUT2D eigenvalue weighted by molar-refractivity contribution is 9.10. The van der Waals surface area contributed by atoms with Crippen LogP contribution in [0.5, 0.6) is 11.5 Å². The van der Waals surface area contributed by atoms with Crippen LogP contribution in [0.2, 0.25) is 0 Å². The van der Waals surface area contributed by atoms with Crippen molar-refractivity contribution in [2.24, 2.45) is 0 Å². The number of halogens is 1. The highest BCUT2D eigenvalue weighted by Crippen LogP contribution is 2.33. The molecule has 0 saturated heterocycles. The van der Waals surface area contributed by atoms with E-state index >= 15 is 0 Å². The summed E-state index contributed by atoms with van der Waals surface area (Å²) in [4.78, 5) is 0. The van der Waals surface area contributed by atoms with Gasteiger partial charge in [0.1, 0.15) is 11.5 Å². The van der Waals surface area contributed by atoms with Crippen molar-refractivity contribution in [3.8, 4) is 11.5 Å². The van der Waals surface area contributed by atoms with Gasteiger partial charge < -0.3 is 15.2 Å². The molecule has 0 amide bonds. The molecule has 0 aliphatic carbocycles. The Balaban J connectivity index is 2.21. The first kappa shape index (κ1) is 16.0. The van der Waals surface area contributed by atoms with Crippen LogP contribution in [0.1, 0.15) is 31.0 Å². The number of aliphatic hydroxyl groups excluding tert-OH is 1. The smallest absolute Gasteiger partial charge is 0.141 e. The zero-order valence-electron chi connectivity index (χ0n) is 12.3. The van der Waals surface area contributed by atoms with E-state index in [1.807, 2.05) is 30.3 Å². The Hall–Kier alpha value is -1.36. The molecule has 1 unspecified atom stereocenters. The van der Waals surface area contributed by atoms with Crippen LogP contribution in [0.3, 0.4) is 0 Å². The van der Waals surface area contributed by atoms with E-state index in [0.717, 1.165) is 22.3 Å². The minimum Gasteiger partial charge on any atom is -0.456 e. The van der Waals surface area contributed by atoms with Crippen LogP contribution in [0.4, 0.5) is 0 Å². The third kappa shape index (κ3) is 4.06. The number of rotatable bonds is 6. The van der Waals surface area contributed by atoms with Gasteiger partial charge in [-0.1, -0.05) is 31.2 Å². The maximum Gasteiger partial charge on any atom is 0.141 e. The highest BCUT2D eigenvalue weighted by Gasteiger charge is 2.10. The van der Waals surface area contributed by atoms with E-state index in [2.05, 4.69) is 47.2 Å². The van der Waals surface area contributed by atoms with Gasteiger partial charge in [-0.3, -0.25) is 0 Å². The van der Waals surface area contributed by atoms with Gasteiger partial charge in [-0.15, -0.1) is 0 Å². The molecule has 2 aromatic rings. The van der Waals surface area contributed by atoms with Crippen LogP contribution in [0.15, 0.2) is 46.9 Å². The Kier molecular flexibility index (Phi) is 5.79. The SMILES string of the molecule is CCNC(C)c1ccc(Oc2ccccc2CO)c(Br)c1. The van der Waals surface area contributed by atoms with Crippen molar-refractivity contribution in [3.05, 3.63) is 58.1 Å². The van der Waals surface area contributed by atoms with Crippen molar-refractivity contribution in [2.45, 2.75) is 26.5 Å². The number of hydrogen-bond donors (Lipinski definition) is 2. The summed E-state index contributed by atoms with van der Waals surface area (Å²) in [5.74, 6) is 1.41. The maximum absolute atomic E-state index is 9.34. The zero-order chi connectivity index (χ0) is 15.2. The molecular weight excluding hydrogens is 330 g/mol. The van der Waals surface area contributed by atoms with E-state index in [-0.39, 0.29) is 6.61 Å². The Morgan fingerprint density at radius 1 is 1.19 bits per heavy atom. The van der Waals surface area contributed by atoms with Crippen LogP contribution in [-0.2, 0) is 6.61 Å².